The van der Waals surface area contributed by atoms with Gasteiger partial charge in [0.15, 0.2) is 0 Å². The quantitative estimate of drug-likeness (QED) is 0.609. The number of carbonyl (C=O) groups excluding carboxylic acids is 3. The number of likely N-dealkylation sites (tertiary alicyclic amines) is 1. The molecule has 0 aromatic heterocycles. The number of amides is 2. The lowest BCUT2D eigenvalue weighted by molar-refractivity contribution is -0.125. The second kappa shape index (κ2) is 10.8. The van der Waals surface area contributed by atoms with Crippen molar-refractivity contribution in [3.05, 3.63) is 59.2 Å². The largest absolute Gasteiger partial charge is 0.496 e. The third-order valence-electron chi connectivity index (χ3n) is 7.10. The molecule has 8 nitrogen and oxygen atoms in total. The lowest BCUT2D eigenvalue weighted by atomic mass is 9.84. The van der Waals surface area contributed by atoms with Crippen molar-refractivity contribution in [2.45, 2.75) is 50.7 Å². The number of fused-ring (bicyclic) bond motifs is 1. The van der Waals surface area contributed by atoms with Gasteiger partial charge >= 0.3 is 5.97 Å². The summed E-state index contributed by atoms with van der Waals surface area (Å²) >= 11 is 0. The summed E-state index contributed by atoms with van der Waals surface area (Å²) in [6, 6.07) is 11.7. The highest BCUT2D eigenvalue weighted by atomic mass is 16.5. The number of nitrogens with zero attached hydrogens (tertiary/aromatic N) is 1. The van der Waals surface area contributed by atoms with E-state index in [-0.39, 0.29) is 24.4 Å². The Balaban J connectivity index is 1.55. The van der Waals surface area contributed by atoms with Gasteiger partial charge in [0.25, 0.3) is 5.91 Å². The Morgan fingerprint density at radius 3 is 2.40 bits per heavy atom. The van der Waals surface area contributed by atoms with Crippen LogP contribution >= 0.6 is 0 Å². The molecule has 1 saturated heterocycles. The van der Waals surface area contributed by atoms with Crippen molar-refractivity contribution in [3.8, 4) is 11.5 Å². The lowest BCUT2D eigenvalue weighted by Gasteiger charge is -2.34. The molecule has 1 N–H and O–H groups in total. The third kappa shape index (κ3) is 4.97. The molecule has 2 amide bonds. The van der Waals surface area contributed by atoms with Gasteiger partial charge in [0, 0.05) is 12.6 Å². The van der Waals surface area contributed by atoms with Gasteiger partial charge in [-0.15, -0.1) is 0 Å². The van der Waals surface area contributed by atoms with Crippen LogP contribution in [0.15, 0.2) is 42.5 Å². The molecule has 3 unspecified atom stereocenters. The summed E-state index contributed by atoms with van der Waals surface area (Å²) in [6.45, 7) is 0.218. The molecule has 186 valence electrons. The van der Waals surface area contributed by atoms with Gasteiger partial charge in [0.1, 0.15) is 23.1 Å². The third-order valence-corrected chi connectivity index (χ3v) is 7.10. The molecule has 1 heterocycles. The van der Waals surface area contributed by atoms with Gasteiger partial charge in [-0.3, -0.25) is 9.59 Å². The highest BCUT2D eigenvalue weighted by Gasteiger charge is 2.47. The topological polar surface area (TPSA) is 94.2 Å². The van der Waals surface area contributed by atoms with E-state index in [9.17, 15) is 14.4 Å². The van der Waals surface area contributed by atoms with Crippen molar-refractivity contribution in [1.29, 1.82) is 0 Å². The zero-order chi connectivity index (χ0) is 24.9. The summed E-state index contributed by atoms with van der Waals surface area (Å²) in [4.78, 5) is 41.0. The van der Waals surface area contributed by atoms with E-state index in [4.69, 9.17) is 14.2 Å². The minimum Gasteiger partial charge on any atom is -0.496 e. The number of benzene rings is 2. The number of nitrogens with one attached hydrogen (secondary N) is 1. The van der Waals surface area contributed by atoms with E-state index in [2.05, 4.69) is 5.32 Å². The first-order valence-electron chi connectivity index (χ1n) is 12.0. The Labute approximate surface area is 205 Å². The van der Waals surface area contributed by atoms with Crippen LogP contribution in [0.4, 0.5) is 0 Å². The van der Waals surface area contributed by atoms with Gasteiger partial charge in [-0.2, -0.15) is 0 Å². The van der Waals surface area contributed by atoms with Crippen molar-refractivity contribution >= 4 is 17.8 Å². The molecule has 2 aromatic rings. The fourth-order valence-corrected chi connectivity index (χ4v) is 5.39. The molecule has 2 aromatic carbocycles. The predicted molar refractivity (Wildman–Crippen MR) is 129 cm³/mol. The van der Waals surface area contributed by atoms with Crippen molar-refractivity contribution in [2.75, 3.05) is 21.3 Å². The van der Waals surface area contributed by atoms with Gasteiger partial charge in [0.2, 0.25) is 5.91 Å². The Morgan fingerprint density at radius 2 is 1.66 bits per heavy atom. The number of ether oxygens (including phenoxy) is 3. The van der Waals surface area contributed by atoms with E-state index >= 15 is 0 Å². The van der Waals surface area contributed by atoms with E-state index in [1.165, 1.54) is 14.2 Å². The van der Waals surface area contributed by atoms with Crippen molar-refractivity contribution in [2.24, 2.45) is 5.92 Å². The number of hydrogen-bond acceptors (Lipinski definition) is 6. The van der Waals surface area contributed by atoms with Crippen molar-refractivity contribution in [3.63, 3.8) is 0 Å². The summed E-state index contributed by atoms with van der Waals surface area (Å²) in [7, 11) is 4.33. The zero-order valence-electron chi connectivity index (χ0n) is 20.4. The molecule has 0 bridgehead atoms. The standard InChI is InChI=1S/C27H32N2O6/c1-33-23-11-7-5-9-19(23)26(31)29-21-10-6-4-8-18(21)15-22(29)25(30)28-16-17-12-13-24(34-2)20(14-17)27(32)35-3/h5,7,9,11-14,18,21-22H,4,6,8,10,15-16H2,1-3H3,(H,28,30). The summed E-state index contributed by atoms with van der Waals surface area (Å²) in [5.41, 5.74) is 1.50. The summed E-state index contributed by atoms with van der Waals surface area (Å²) in [5.74, 6) is 0.339. The molecule has 1 saturated carbocycles. The maximum atomic E-state index is 13.7. The van der Waals surface area contributed by atoms with E-state index in [1.54, 1.807) is 42.3 Å². The molecule has 1 aliphatic carbocycles. The molecule has 0 spiro atoms. The van der Waals surface area contributed by atoms with Crippen molar-refractivity contribution < 1.29 is 28.6 Å². The lowest BCUT2D eigenvalue weighted by Crippen LogP contribution is -2.49. The fraction of sp³-hybridized carbons (Fsp3) is 0.444. The Hall–Kier alpha value is -3.55. The van der Waals surface area contributed by atoms with Gasteiger partial charge in [-0.25, -0.2) is 4.79 Å². The first-order chi connectivity index (χ1) is 17.0. The number of methoxy groups -OCH3 is 3. The Kier molecular flexibility index (Phi) is 7.58. The van der Waals surface area contributed by atoms with Gasteiger partial charge in [-0.05, 0) is 55.0 Å². The normalized spacial score (nSPS) is 21.1. The van der Waals surface area contributed by atoms with Crippen LogP contribution in [0.5, 0.6) is 11.5 Å². The van der Waals surface area contributed by atoms with Gasteiger partial charge in [0.05, 0.1) is 26.9 Å². The maximum Gasteiger partial charge on any atom is 0.341 e. The van der Waals surface area contributed by atoms with E-state index < -0.39 is 12.0 Å². The molecule has 8 heteroatoms. The number of rotatable bonds is 7. The Morgan fingerprint density at radius 1 is 0.943 bits per heavy atom. The molecule has 2 aliphatic rings. The first kappa shape index (κ1) is 24.6. The first-order valence-corrected chi connectivity index (χ1v) is 12.0. The molecule has 0 radical (unpaired) electrons. The van der Waals surface area contributed by atoms with Crippen LogP contribution in [0.3, 0.4) is 0 Å². The van der Waals surface area contributed by atoms with Crippen LogP contribution < -0.4 is 14.8 Å². The van der Waals surface area contributed by atoms with Crippen LogP contribution in [-0.4, -0.2) is 56.1 Å². The van der Waals surface area contributed by atoms with Crippen LogP contribution in [0, 0.1) is 5.92 Å². The van der Waals surface area contributed by atoms with Crippen LogP contribution in [0.2, 0.25) is 0 Å². The molecule has 4 rings (SSSR count). The molecule has 1 aliphatic heterocycles. The highest BCUT2D eigenvalue weighted by molar-refractivity contribution is 6.00. The van der Waals surface area contributed by atoms with Crippen LogP contribution in [0.1, 0.15) is 58.4 Å². The summed E-state index contributed by atoms with van der Waals surface area (Å²) in [6.07, 6.45) is 4.73. The second-order valence-corrected chi connectivity index (χ2v) is 9.02. The van der Waals surface area contributed by atoms with Crippen LogP contribution in [0.25, 0.3) is 0 Å². The number of esters is 1. The Bertz CT molecular complexity index is 1100. The highest BCUT2D eigenvalue weighted by Crippen LogP contribution is 2.41. The molecular formula is C27H32N2O6. The van der Waals surface area contributed by atoms with E-state index in [0.717, 1.165) is 31.2 Å². The smallest absolute Gasteiger partial charge is 0.341 e. The zero-order valence-corrected chi connectivity index (χ0v) is 20.4. The minimum atomic E-state index is -0.557. The number of hydrogen-bond donors (Lipinski definition) is 1. The number of carbonyl (C=O) groups is 3. The minimum absolute atomic E-state index is 0.0452. The second-order valence-electron chi connectivity index (χ2n) is 9.02. The molecule has 35 heavy (non-hydrogen) atoms. The molecule has 3 atom stereocenters. The average Bonchev–Trinajstić information content (AvgIpc) is 3.30. The van der Waals surface area contributed by atoms with E-state index in [1.807, 2.05) is 12.1 Å². The van der Waals surface area contributed by atoms with Crippen molar-refractivity contribution in [1.82, 2.24) is 10.2 Å². The van der Waals surface area contributed by atoms with E-state index in [0.29, 0.717) is 35.0 Å². The SMILES string of the molecule is COC(=O)c1cc(CNC(=O)C2CC3CCCCC3N2C(=O)c2ccccc2OC)ccc1OC. The van der Waals surface area contributed by atoms with Gasteiger partial charge in [-0.1, -0.05) is 31.0 Å². The van der Waals surface area contributed by atoms with Gasteiger partial charge < -0.3 is 24.4 Å². The predicted octanol–water partition coefficient (Wildman–Crippen LogP) is 3.58. The number of para-hydroxylation sites is 1. The fourth-order valence-electron chi connectivity index (χ4n) is 5.39. The monoisotopic (exact) mass is 480 g/mol. The molecule has 2 fully saturated rings. The van der Waals surface area contributed by atoms with Crippen LogP contribution in [-0.2, 0) is 16.1 Å². The molecular weight excluding hydrogens is 448 g/mol. The summed E-state index contributed by atoms with van der Waals surface area (Å²) < 4.78 is 15.5. The average molecular weight is 481 g/mol. The summed E-state index contributed by atoms with van der Waals surface area (Å²) in [5, 5.41) is 2.98. The maximum absolute atomic E-state index is 13.7.